The number of carbonyl (C=O) groups excluding carboxylic acids is 3. The second-order valence-corrected chi connectivity index (χ2v) is 8.52. The van der Waals surface area contributed by atoms with Crippen LogP contribution in [-0.4, -0.2) is 52.9 Å². The van der Waals surface area contributed by atoms with Crippen LogP contribution in [0.5, 0.6) is 0 Å². The molecule has 0 radical (unpaired) electrons. The quantitative estimate of drug-likeness (QED) is 0.687. The molecule has 1 aliphatic heterocycles. The van der Waals surface area contributed by atoms with Crippen molar-refractivity contribution in [1.82, 2.24) is 9.80 Å². The largest absolute Gasteiger partial charge is 0.445 e. The zero-order chi connectivity index (χ0) is 23.1. The number of carbonyl (C=O) groups is 3. The summed E-state index contributed by atoms with van der Waals surface area (Å²) in [5, 5.41) is 0. The fourth-order valence-electron chi connectivity index (χ4n) is 4.01. The summed E-state index contributed by atoms with van der Waals surface area (Å²) in [6.07, 6.45) is 0.281. The molecule has 2 atom stereocenters. The van der Waals surface area contributed by atoms with Gasteiger partial charge in [-0.1, -0.05) is 74.5 Å². The minimum Gasteiger partial charge on any atom is -0.445 e. The van der Waals surface area contributed by atoms with Crippen LogP contribution in [0.15, 0.2) is 60.7 Å². The van der Waals surface area contributed by atoms with Crippen LogP contribution >= 0.6 is 0 Å². The van der Waals surface area contributed by atoms with E-state index in [0.717, 1.165) is 11.1 Å². The molecule has 7 nitrogen and oxygen atoms in total. The van der Waals surface area contributed by atoms with Crippen molar-refractivity contribution in [2.24, 2.45) is 11.7 Å². The first-order valence-corrected chi connectivity index (χ1v) is 11.0. The third kappa shape index (κ3) is 5.87. The lowest BCUT2D eigenvalue weighted by Gasteiger charge is -2.42. The van der Waals surface area contributed by atoms with Crippen molar-refractivity contribution in [3.63, 3.8) is 0 Å². The smallest absolute Gasteiger partial charge is 0.410 e. The van der Waals surface area contributed by atoms with Crippen LogP contribution in [0.1, 0.15) is 31.4 Å². The molecular formula is C25H31N3O4. The Kier molecular flexibility index (Phi) is 7.87. The van der Waals surface area contributed by atoms with E-state index in [9.17, 15) is 14.4 Å². The van der Waals surface area contributed by atoms with Gasteiger partial charge in [0.2, 0.25) is 11.8 Å². The number of hydrogen-bond donors (Lipinski definition) is 1. The Hall–Kier alpha value is -3.35. The van der Waals surface area contributed by atoms with Gasteiger partial charge < -0.3 is 15.4 Å². The van der Waals surface area contributed by atoms with Crippen LogP contribution in [0, 0.1) is 5.92 Å². The minimum absolute atomic E-state index is 0.128. The van der Waals surface area contributed by atoms with Crippen LogP contribution in [0.4, 0.5) is 4.79 Å². The molecule has 7 heteroatoms. The molecule has 0 aromatic heterocycles. The van der Waals surface area contributed by atoms with Gasteiger partial charge in [-0.2, -0.15) is 0 Å². The lowest BCUT2D eigenvalue weighted by molar-refractivity contribution is -0.148. The van der Waals surface area contributed by atoms with Gasteiger partial charge in [0.05, 0.1) is 0 Å². The molecule has 170 valence electrons. The molecule has 1 fully saturated rings. The summed E-state index contributed by atoms with van der Waals surface area (Å²) in [5.41, 5.74) is 7.44. The highest BCUT2D eigenvalue weighted by molar-refractivity contribution is 5.92. The zero-order valence-corrected chi connectivity index (χ0v) is 18.6. The molecule has 0 saturated carbocycles. The van der Waals surface area contributed by atoms with Crippen LogP contribution in [0.25, 0.3) is 0 Å². The molecule has 2 N–H and O–H groups in total. The summed E-state index contributed by atoms with van der Waals surface area (Å²) in [6, 6.07) is 17.5. The van der Waals surface area contributed by atoms with Crippen molar-refractivity contribution in [1.29, 1.82) is 0 Å². The zero-order valence-electron chi connectivity index (χ0n) is 18.6. The average molecular weight is 438 g/mol. The molecule has 0 spiro atoms. The van der Waals surface area contributed by atoms with E-state index in [-0.39, 0.29) is 31.5 Å². The van der Waals surface area contributed by atoms with Crippen molar-refractivity contribution in [2.75, 3.05) is 13.1 Å². The van der Waals surface area contributed by atoms with E-state index in [1.165, 1.54) is 9.80 Å². The van der Waals surface area contributed by atoms with Crippen LogP contribution in [0.2, 0.25) is 0 Å². The molecule has 0 bridgehead atoms. The van der Waals surface area contributed by atoms with Crippen LogP contribution < -0.4 is 5.73 Å². The summed E-state index contributed by atoms with van der Waals surface area (Å²) in [6.45, 7) is 4.62. The minimum atomic E-state index is -0.761. The van der Waals surface area contributed by atoms with Gasteiger partial charge in [-0.25, -0.2) is 4.79 Å². The number of nitrogens with zero attached hydrogens (tertiary/aromatic N) is 2. The van der Waals surface area contributed by atoms with Gasteiger partial charge in [-0.05, 0) is 23.5 Å². The Morgan fingerprint density at radius 1 is 1.00 bits per heavy atom. The van der Waals surface area contributed by atoms with Gasteiger partial charge in [0, 0.05) is 19.5 Å². The van der Waals surface area contributed by atoms with Crippen molar-refractivity contribution in [3.8, 4) is 0 Å². The van der Waals surface area contributed by atoms with Gasteiger partial charge in [-0.15, -0.1) is 0 Å². The van der Waals surface area contributed by atoms with Crippen LogP contribution in [-0.2, 0) is 27.4 Å². The number of benzene rings is 2. The third-order valence-electron chi connectivity index (χ3n) is 5.64. The first kappa shape index (κ1) is 23.3. The molecule has 3 rings (SSSR count). The van der Waals surface area contributed by atoms with Gasteiger partial charge >= 0.3 is 6.09 Å². The predicted octanol–water partition coefficient (Wildman–Crippen LogP) is 2.98. The summed E-state index contributed by atoms with van der Waals surface area (Å²) in [7, 11) is 0. The Bertz CT molecular complexity index is 917. The maximum absolute atomic E-state index is 13.5. The number of ether oxygens (including phenoxy) is 1. The number of nitrogens with two attached hydrogens (primary N) is 1. The van der Waals surface area contributed by atoms with Crippen molar-refractivity contribution in [3.05, 3.63) is 71.8 Å². The monoisotopic (exact) mass is 437 g/mol. The molecule has 32 heavy (non-hydrogen) atoms. The SMILES string of the molecule is CC(C)CC(C(N)=O)N1CCN(C(=O)OCc2ccccc2)C(Cc2ccccc2)C1=O. The first-order chi connectivity index (χ1) is 15.4. The maximum atomic E-state index is 13.5. The lowest BCUT2D eigenvalue weighted by atomic mass is 9.97. The molecule has 2 unspecified atom stereocenters. The molecule has 2 aromatic rings. The maximum Gasteiger partial charge on any atom is 0.410 e. The van der Waals surface area contributed by atoms with E-state index in [1.54, 1.807) is 0 Å². The number of primary amides is 1. The highest BCUT2D eigenvalue weighted by Gasteiger charge is 2.42. The fraction of sp³-hybridized carbons (Fsp3) is 0.400. The number of amides is 3. The van der Waals surface area contributed by atoms with E-state index in [0.29, 0.717) is 12.8 Å². The first-order valence-electron chi connectivity index (χ1n) is 11.0. The summed E-state index contributed by atoms with van der Waals surface area (Å²) >= 11 is 0. The standard InChI is InChI=1S/C25H31N3O4/c1-18(2)15-21(23(26)29)27-13-14-28(25(31)32-17-20-11-7-4-8-12-20)22(24(27)30)16-19-9-5-3-6-10-19/h3-12,18,21-22H,13-17H2,1-2H3,(H2,26,29). The van der Waals surface area contributed by atoms with E-state index < -0.39 is 24.1 Å². The Morgan fingerprint density at radius 3 is 2.16 bits per heavy atom. The number of piperazine rings is 1. The Labute approximate surface area is 189 Å². The highest BCUT2D eigenvalue weighted by atomic mass is 16.6. The fourth-order valence-corrected chi connectivity index (χ4v) is 4.01. The van der Waals surface area contributed by atoms with E-state index in [4.69, 9.17) is 10.5 Å². The van der Waals surface area contributed by atoms with E-state index in [1.807, 2.05) is 74.5 Å². The molecule has 0 aliphatic carbocycles. The van der Waals surface area contributed by atoms with Gasteiger partial charge in [-0.3, -0.25) is 14.5 Å². The second-order valence-electron chi connectivity index (χ2n) is 8.52. The molecule has 1 heterocycles. The second kappa shape index (κ2) is 10.8. The molecule has 3 amide bonds. The van der Waals surface area contributed by atoms with Crippen molar-refractivity contribution >= 4 is 17.9 Å². The highest BCUT2D eigenvalue weighted by Crippen LogP contribution is 2.22. The van der Waals surface area contributed by atoms with Gasteiger partial charge in [0.15, 0.2) is 0 Å². The molecule has 2 aromatic carbocycles. The Balaban J connectivity index is 1.80. The van der Waals surface area contributed by atoms with Crippen LogP contribution in [0.3, 0.4) is 0 Å². The number of rotatable bonds is 8. The summed E-state index contributed by atoms with van der Waals surface area (Å²) in [4.78, 5) is 41.6. The Morgan fingerprint density at radius 2 is 1.59 bits per heavy atom. The predicted molar refractivity (Wildman–Crippen MR) is 121 cm³/mol. The van der Waals surface area contributed by atoms with E-state index >= 15 is 0 Å². The van der Waals surface area contributed by atoms with Crippen molar-refractivity contribution in [2.45, 2.75) is 45.4 Å². The molecule has 1 saturated heterocycles. The van der Waals surface area contributed by atoms with Crippen molar-refractivity contribution < 1.29 is 19.1 Å². The summed E-state index contributed by atoms with van der Waals surface area (Å²) < 4.78 is 5.52. The summed E-state index contributed by atoms with van der Waals surface area (Å²) in [5.74, 6) is -0.603. The molecule has 1 aliphatic rings. The normalized spacial score (nSPS) is 17.3. The topological polar surface area (TPSA) is 92.9 Å². The van der Waals surface area contributed by atoms with Gasteiger partial charge in [0.25, 0.3) is 0 Å². The lowest BCUT2D eigenvalue weighted by Crippen LogP contribution is -2.63. The van der Waals surface area contributed by atoms with E-state index in [2.05, 4.69) is 0 Å². The number of hydrogen-bond acceptors (Lipinski definition) is 4. The average Bonchev–Trinajstić information content (AvgIpc) is 2.78. The molecular weight excluding hydrogens is 406 g/mol. The third-order valence-corrected chi connectivity index (χ3v) is 5.64. The van der Waals surface area contributed by atoms with Gasteiger partial charge in [0.1, 0.15) is 18.7 Å².